The van der Waals surface area contributed by atoms with Crippen molar-refractivity contribution in [2.24, 2.45) is 0 Å². The number of esters is 1. The summed E-state index contributed by atoms with van der Waals surface area (Å²) >= 11 is 0. The van der Waals surface area contributed by atoms with Crippen LogP contribution < -0.4 is 9.47 Å². The molecule has 0 saturated carbocycles. The van der Waals surface area contributed by atoms with Crippen molar-refractivity contribution in [2.75, 3.05) is 21.3 Å². The zero-order valence-electron chi connectivity index (χ0n) is 18.1. The molecule has 0 aliphatic heterocycles. The molecular weight excluding hydrogens is 408 g/mol. The number of aliphatic carboxylic acids is 1. The Labute approximate surface area is 186 Å². The summed E-state index contributed by atoms with van der Waals surface area (Å²) in [5.41, 5.74) is 3.84. The number of benzene rings is 3. The number of rotatable bonds is 8. The van der Waals surface area contributed by atoms with E-state index in [1.165, 1.54) is 21.3 Å². The molecule has 164 valence electrons. The molecule has 32 heavy (non-hydrogen) atoms. The van der Waals surface area contributed by atoms with E-state index in [2.05, 4.69) is 0 Å². The molecule has 3 aromatic rings. The summed E-state index contributed by atoms with van der Waals surface area (Å²) in [4.78, 5) is 24.2. The summed E-state index contributed by atoms with van der Waals surface area (Å²) in [7, 11) is 4.27. The molecule has 0 saturated heterocycles. The van der Waals surface area contributed by atoms with E-state index in [0.717, 1.165) is 11.1 Å². The van der Waals surface area contributed by atoms with E-state index in [9.17, 15) is 14.7 Å². The van der Waals surface area contributed by atoms with Crippen LogP contribution in [0.1, 0.15) is 17.5 Å². The third-order valence-electron chi connectivity index (χ3n) is 5.01. The topological polar surface area (TPSA) is 82.1 Å². The summed E-state index contributed by atoms with van der Waals surface area (Å²) < 4.78 is 15.6. The number of carbonyl (C=O) groups excluding carboxylic acids is 1. The molecule has 0 heterocycles. The highest BCUT2D eigenvalue weighted by atomic mass is 16.5. The number of carboxylic acids is 1. The Kier molecular flexibility index (Phi) is 7.29. The number of methoxy groups -OCH3 is 3. The van der Waals surface area contributed by atoms with Gasteiger partial charge in [0.05, 0.1) is 33.3 Å². The van der Waals surface area contributed by atoms with Crippen LogP contribution in [0.3, 0.4) is 0 Å². The van der Waals surface area contributed by atoms with E-state index < -0.39 is 18.4 Å². The fraction of sp³-hybridized carbons (Fsp3) is 0.154. The molecule has 0 atom stereocenters. The molecule has 0 aromatic heterocycles. The van der Waals surface area contributed by atoms with Crippen molar-refractivity contribution in [3.63, 3.8) is 0 Å². The fourth-order valence-electron chi connectivity index (χ4n) is 3.50. The lowest BCUT2D eigenvalue weighted by molar-refractivity contribution is -0.141. The summed E-state index contributed by atoms with van der Waals surface area (Å²) in [6.07, 6.45) is -0.489. The van der Waals surface area contributed by atoms with E-state index in [4.69, 9.17) is 14.2 Å². The Balaban J connectivity index is 2.22. The Hall–Kier alpha value is -4.06. The molecule has 3 rings (SSSR count). The SMILES string of the molecule is COC(=O)C(CC(=O)O)=C(c1ccc(-c2ccccc2)cc1)c1ccc(OC)c(OC)c1. The van der Waals surface area contributed by atoms with Gasteiger partial charge >= 0.3 is 11.9 Å². The zero-order chi connectivity index (χ0) is 23.1. The first-order valence-corrected chi connectivity index (χ1v) is 9.90. The van der Waals surface area contributed by atoms with Gasteiger partial charge in [-0.1, -0.05) is 60.7 Å². The van der Waals surface area contributed by atoms with Gasteiger partial charge in [0.25, 0.3) is 0 Å². The monoisotopic (exact) mass is 432 g/mol. The first-order valence-electron chi connectivity index (χ1n) is 9.90. The van der Waals surface area contributed by atoms with Crippen LogP contribution in [-0.4, -0.2) is 38.4 Å². The quantitative estimate of drug-likeness (QED) is 0.406. The predicted molar refractivity (Wildman–Crippen MR) is 122 cm³/mol. The van der Waals surface area contributed by atoms with Gasteiger partial charge in [-0.15, -0.1) is 0 Å². The van der Waals surface area contributed by atoms with Crippen LogP contribution in [-0.2, 0) is 14.3 Å². The van der Waals surface area contributed by atoms with Crippen LogP contribution in [0.15, 0.2) is 78.4 Å². The van der Waals surface area contributed by atoms with Crippen molar-refractivity contribution in [3.05, 3.63) is 89.5 Å². The summed E-state index contributed by atoms with van der Waals surface area (Å²) in [6, 6.07) is 22.6. The second-order valence-electron chi connectivity index (χ2n) is 6.93. The third kappa shape index (κ3) is 4.98. The van der Waals surface area contributed by atoms with Crippen LogP contribution in [0, 0.1) is 0 Å². The molecule has 6 heteroatoms. The smallest absolute Gasteiger partial charge is 0.334 e. The zero-order valence-corrected chi connectivity index (χ0v) is 18.1. The minimum absolute atomic E-state index is 0.0414. The molecule has 0 aliphatic rings. The van der Waals surface area contributed by atoms with Crippen LogP contribution in [0.4, 0.5) is 0 Å². The third-order valence-corrected chi connectivity index (χ3v) is 5.01. The van der Waals surface area contributed by atoms with Crippen molar-refractivity contribution in [3.8, 4) is 22.6 Å². The Morgan fingerprint density at radius 1 is 0.750 bits per heavy atom. The van der Waals surface area contributed by atoms with E-state index in [1.807, 2.05) is 54.6 Å². The highest BCUT2D eigenvalue weighted by Crippen LogP contribution is 2.36. The second-order valence-corrected chi connectivity index (χ2v) is 6.93. The first kappa shape index (κ1) is 22.6. The maximum absolute atomic E-state index is 12.6. The first-order chi connectivity index (χ1) is 15.5. The number of hydrogen-bond donors (Lipinski definition) is 1. The summed E-state index contributed by atoms with van der Waals surface area (Å²) in [5, 5.41) is 9.46. The molecular formula is C26H24O6. The average molecular weight is 432 g/mol. The molecule has 0 spiro atoms. The normalized spacial score (nSPS) is 11.3. The van der Waals surface area contributed by atoms with Crippen LogP contribution in [0.25, 0.3) is 16.7 Å². The fourth-order valence-corrected chi connectivity index (χ4v) is 3.50. The van der Waals surface area contributed by atoms with Crippen LogP contribution >= 0.6 is 0 Å². The van der Waals surface area contributed by atoms with Crippen molar-refractivity contribution in [1.82, 2.24) is 0 Å². The number of carboxylic acid groups (broad SMARTS) is 1. The lowest BCUT2D eigenvalue weighted by Crippen LogP contribution is -2.12. The number of ether oxygens (including phenoxy) is 3. The molecule has 0 fully saturated rings. The molecule has 0 amide bonds. The van der Waals surface area contributed by atoms with E-state index >= 15 is 0 Å². The Morgan fingerprint density at radius 2 is 1.34 bits per heavy atom. The maximum atomic E-state index is 12.6. The van der Waals surface area contributed by atoms with Gasteiger partial charge < -0.3 is 19.3 Å². The van der Waals surface area contributed by atoms with Crippen molar-refractivity contribution in [1.29, 1.82) is 0 Å². The second kappa shape index (κ2) is 10.3. The van der Waals surface area contributed by atoms with Crippen molar-refractivity contribution >= 4 is 17.5 Å². The van der Waals surface area contributed by atoms with Gasteiger partial charge in [0.15, 0.2) is 11.5 Å². The summed E-state index contributed by atoms with van der Waals surface area (Å²) in [6.45, 7) is 0. The molecule has 6 nitrogen and oxygen atoms in total. The average Bonchev–Trinajstić information content (AvgIpc) is 2.83. The minimum Gasteiger partial charge on any atom is -0.493 e. The van der Waals surface area contributed by atoms with Gasteiger partial charge in [0.1, 0.15) is 0 Å². The molecule has 1 N–H and O–H groups in total. The Bertz CT molecular complexity index is 1130. The predicted octanol–water partition coefficient (Wildman–Crippen LogP) is 4.82. The molecule has 0 unspecified atom stereocenters. The van der Waals surface area contributed by atoms with Gasteiger partial charge in [-0.25, -0.2) is 4.79 Å². The van der Waals surface area contributed by atoms with E-state index in [1.54, 1.807) is 18.2 Å². The van der Waals surface area contributed by atoms with Gasteiger partial charge in [-0.3, -0.25) is 4.79 Å². The van der Waals surface area contributed by atoms with Crippen molar-refractivity contribution in [2.45, 2.75) is 6.42 Å². The number of hydrogen-bond acceptors (Lipinski definition) is 5. The highest BCUT2D eigenvalue weighted by Gasteiger charge is 2.23. The van der Waals surface area contributed by atoms with Gasteiger partial charge in [-0.05, 0) is 34.4 Å². The molecule has 0 radical (unpaired) electrons. The van der Waals surface area contributed by atoms with Gasteiger partial charge in [0, 0.05) is 5.57 Å². The van der Waals surface area contributed by atoms with E-state index in [-0.39, 0.29) is 5.57 Å². The molecule has 0 bridgehead atoms. The van der Waals surface area contributed by atoms with Crippen LogP contribution in [0.2, 0.25) is 0 Å². The van der Waals surface area contributed by atoms with Crippen LogP contribution in [0.5, 0.6) is 11.5 Å². The highest BCUT2D eigenvalue weighted by molar-refractivity contribution is 6.05. The van der Waals surface area contributed by atoms with E-state index in [0.29, 0.717) is 28.2 Å². The van der Waals surface area contributed by atoms with Gasteiger partial charge in [-0.2, -0.15) is 0 Å². The minimum atomic E-state index is -1.13. The Morgan fingerprint density at radius 3 is 1.91 bits per heavy atom. The lowest BCUT2D eigenvalue weighted by Gasteiger charge is -2.16. The maximum Gasteiger partial charge on any atom is 0.334 e. The molecule has 3 aromatic carbocycles. The standard InChI is InChI=1S/C26H24O6/c1-30-22-14-13-20(15-23(22)31-2)25(21(16-24(27)28)26(29)32-3)19-11-9-18(10-12-19)17-7-5-4-6-8-17/h4-15H,16H2,1-3H3,(H,27,28). The molecule has 0 aliphatic carbocycles. The number of carbonyl (C=O) groups is 2. The van der Waals surface area contributed by atoms with Crippen molar-refractivity contribution < 1.29 is 28.9 Å². The summed E-state index contributed by atoms with van der Waals surface area (Å²) in [5.74, 6) is -0.857. The largest absolute Gasteiger partial charge is 0.493 e. The van der Waals surface area contributed by atoms with Gasteiger partial charge in [0.2, 0.25) is 0 Å². The lowest BCUT2D eigenvalue weighted by atomic mass is 9.90.